The quantitative estimate of drug-likeness (QED) is 0.819. The van der Waals surface area contributed by atoms with Crippen molar-refractivity contribution in [2.75, 3.05) is 31.6 Å². The summed E-state index contributed by atoms with van der Waals surface area (Å²) in [5, 5.41) is 19.0. The molecular weight excluding hydrogens is 395 g/mol. The van der Waals surface area contributed by atoms with Crippen molar-refractivity contribution in [2.24, 2.45) is 5.92 Å². The Morgan fingerprint density at radius 2 is 1.83 bits per heavy atom. The molecule has 1 aromatic heterocycles. The molecule has 5 rings (SSSR count). The number of alkyl halides is 3. The summed E-state index contributed by atoms with van der Waals surface area (Å²) in [5.41, 5.74) is 0.457. The van der Waals surface area contributed by atoms with E-state index >= 15 is 0 Å². The van der Waals surface area contributed by atoms with Crippen LogP contribution in [-0.2, 0) is 6.18 Å². The third-order valence-electron chi connectivity index (χ3n) is 6.57. The molecule has 2 atom stereocenters. The van der Waals surface area contributed by atoms with Gasteiger partial charge in [-0.3, -0.25) is 0 Å². The summed E-state index contributed by atoms with van der Waals surface area (Å²) in [4.78, 5) is 9.38. The SMILES string of the molecule is CN1CC[C@H]2CCN(c3nnc(-c4ccc(C(F)(F)F)cc4O)c(C4CC4)n3)[C@H]2C1. The maximum absolute atomic E-state index is 12.9. The standard InChI is InChI=1S/C21H24F3N5O/c1-28-8-6-12-7-9-29(16(12)11-28)20-25-18(13-2-3-13)19(26-27-20)15-5-4-14(10-17(15)30)21(22,23)24/h4-5,10,12-13,16,30H,2-3,6-9,11H2,1H3/t12-,16-/m0/s1. The molecule has 3 fully saturated rings. The van der Waals surface area contributed by atoms with Gasteiger partial charge in [0.2, 0.25) is 5.95 Å². The maximum atomic E-state index is 12.9. The van der Waals surface area contributed by atoms with Gasteiger partial charge in [0.05, 0.1) is 11.3 Å². The van der Waals surface area contributed by atoms with Crippen LogP contribution in [0, 0.1) is 5.92 Å². The normalized spacial score (nSPS) is 24.9. The Morgan fingerprint density at radius 3 is 2.53 bits per heavy atom. The van der Waals surface area contributed by atoms with Crippen molar-refractivity contribution in [1.29, 1.82) is 0 Å². The highest BCUT2D eigenvalue weighted by atomic mass is 19.4. The molecule has 160 valence electrons. The summed E-state index contributed by atoms with van der Waals surface area (Å²) in [6, 6.07) is 3.33. The number of halogens is 3. The zero-order valence-electron chi connectivity index (χ0n) is 16.7. The third kappa shape index (κ3) is 3.49. The summed E-state index contributed by atoms with van der Waals surface area (Å²) >= 11 is 0. The van der Waals surface area contributed by atoms with E-state index in [1.54, 1.807) is 0 Å². The number of phenols is 1. The van der Waals surface area contributed by atoms with Crippen molar-refractivity contribution in [3.8, 4) is 17.0 Å². The van der Waals surface area contributed by atoms with Crippen LogP contribution in [0.4, 0.5) is 19.1 Å². The van der Waals surface area contributed by atoms with Crippen LogP contribution in [0.2, 0.25) is 0 Å². The number of anilines is 1. The lowest BCUT2D eigenvalue weighted by molar-refractivity contribution is -0.137. The maximum Gasteiger partial charge on any atom is 0.416 e. The smallest absolute Gasteiger partial charge is 0.416 e. The van der Waals surface area contributed by atoms with Gasteiger partial charge in [-0.05, 0) is 63.4 Å². The van der Waals surface area contributed by atoms with Crippen molar-refractivity contribution in [3.05, 3.63) is 29.5 Å². The van der Waals surface area contributed by atoms with E-state index in [4.69, 9.17) is 4.98 Å². The number of aromatic hydroxyl groups is 1. The van der Waals surface area contributed by atoms with Crippen LogP contribution < -0.4 is 4.90 Å². The molecular formula is C21H24F3N5O. The Bertz CT molecular complexity index is 962. The largest absolute Gasteiger partial charge is 0.507 e. The fraction of sp³-hybridized carbons (Fsp3) is 0.571. The van der Waals surface area contributed by atoms with Crippen LogP contribution in [0.25, 0.3) is 11.3 Å². The molecule has 6 nitrogen and oxygen atoms in total. The fourth-order valence-electron chi connectivity index (χ4n) is 4.74. The van der Waals surface area contributed by atoms with Crippen LogP contribution in [0.15, 0.2) is 18.2 Å². The molecule has 30 heavy (non-hydrogen) atoms. The lowest BCUT2D eigenvalue weighted by Gasteiger charge is -2.36. The van der Waals surface area contributed by atoms with Gasteiger partial charge in [-0.1, -0.05) is 0 Å². The van der Waals surface area contributed by atoms with E-state index in [9.17, 15) is 18.3 Å². The number of rotatable bonds is 3. The van der Waals surface area contributed by atoms with Gasteiger partial charge < -0.3 is 14.9 Å². The van der Waals surface area contributed by atoms with Gasteiger partial charge in [-0.25, -0.2) is 4.98 Å². The highest BCUT2D eigenvalue weighted by molar-refractivity contribution is 5.70. The van der Waals surface area contributed by atoms with Gasteiger partial charge in [0.25, 0.3) is 0 Å². The summed E-state index contributed by atoms with van der Waals surface area (Å²) in [6.07, 6.45) is -0.314. The van der Waals surface area contributed by atoms with Gasteiger partial charge in [-0.2, -0.15) is 13.2 Å². The fourth-order valence-corrected chi connectivity index (χ4v) is 4.74. The van der Waals surface area contributed by atoms with E-state index < -0.39 is 17.5 Å². The predicted octanol–water partition coefficient (Wildman–Crippen LogP) is 3.67. The number of fused-ring (bicyclic) bond motifs is 1. The number of likely N-dealkylation sites (N-methyl/N-ethyl adjacent to an activating group) is 1. The number of likely N-dealkylation sites (tertiary alicyclic amines) is 1. The first-order chi connectivity index (χ1) is 14.3. The van der Waals surface area contributed by atoms with Gasteiger partial charge in [0.15, 0.2) is 0 Å². The van der Waals surface area contributed by atoms with Crippen molar-refractivity contribution >= 4 is 5.95 Å². The molecule has 0 bridgehead atoms. The van der Waals surface area contributed by atoms with Crippen molar-refractivity contribution < 1.29 is 18.3 Å². The zero-order chi connectivity index (χ0) is 21.0. The molecule has 0 unspecified atom stereocenters. The van der Waals surface area contributed by atoms with Gasteiger partial charge in [-0.15, -0.1) is 10.2 Å². The molecule has 3 aliphatic rings. The Labute approximate surface area is 172 Å². The Kier molecular flexibility index (Phi) is 4.61. The second-order valence-electron chi connectivity index (χ2n) is 8.71. The van der Waals surface area contributed by atoms with Gasteiger partial charge >= 0.3 is 6.18 Å². The molecule has 1 aromatic carbocycles. The first-order valence-corrected chi connectivity index (χ1v) is 10.4. The summed E-state index contributed by atoms with van der Waals surface area (Å²) in [5.74, 6) is 0.983. The number of nitrogens with zero attached hydrogens (tertiary/aromatic N) is 5. The molecule has 1 saturated carbocycles. The highest BCUT2D eigenvalue weighted by Crippen LogP contribution is 2.45. The molecule has 9 heteroatoms. The zero-order valence-corrected chi connectivity index (χ0v) is 16.7. The van der Waals surface area contributed by atoms with E-state index in [1.807, 2.05) is 0 Å². The van der Waals surface area contributed by atoms with E-state index in [0.29, 0.717) is 23.6 Å². The van der Waals surface area contributed by atoms with E-state index in [1.165, 1.54) is 6.07 Å². The van der Waals surface area contributed by atoms with Crippen LogP contribution >= 0.6 is 0 Å². The lowest BCUT2D eigenvalue weighted by atomic mass is 9.92. The molecule has 0 spiro atoms. The van der Waals surface area contributed by atoms with E-state index in [-0.39, 0.29) is 11.5 Å². The molecule has 0 amide bonds. The van der Waals surface area contributed by atoms with Gasteiger partial charge in [0.1, 0.15) is 11.4 Å². The third-order valence-corrected chi connectivity index (χ3v) is 6.57. The van der Waals surface area contributed by atoms with Crippen molar-refractivity contribution in [3.63, 3.8) is 0 Å². The molecule has 1 N–H and O–H groups in total. The minimum Gasteiger partial charge on any atom is -0.507 e. The number of aromatic nitrogens is 3. The molecule has 2 aromatic rings. The lowest BCUT2D eigenvalue weighted by Crippen LogP contribution is -2.47. The van der Waals surface area contributed by atoms with Crippen LogP contribution in [0.1, 0.15) is 42.9 Å². The van der Waals surface area contributed by atoms with Crippen LogP contribution in [0.5, 0.6) is 5.75 Å². The summed E-state index contributed by atoms with van der Waals surface area (Å²) in [7, 11) is 2.12. The minimum absolute atomic E-state index is 0.211. The van der Waals surface area contributed by atoms with Crippen LogP contribution in [-0.4, -0.2) is 57.9 Å². The summed E-state index contributed by atoms with van der Waals surface area (Å²) in [6.45, 7) is 2.96. The van der Waals surface area contributed by atoms with E-state index in [0.717, 1.165) is 63.1 Å². The second-order valence-corrected chi connectivity index (χ2v) is 8.71. The predicted molar refractivity (Wildman–Crippen MR) is 105 cm³/mol. The van der Waals surface area contributed by atoms with Crippen molar-refractivity contribution in [1.82, 2.24) is 20.1 Å². The number of benzene rings is 1. The first-order valence-electron chi connectivity index (χ1n) is 10.4. The first kappa shape index (κ1) is 19.5. The average Bonchev–Trinajstić information content (AvgIpc) is 3.47. The monoisotopic (exact) mass is 419 g/mol. The number of piperidine rings is 1. The average molecular weight is 419 g/mol. The second kappa shape index (κ2) is 7.08. The van der Waals surface area contributed by atoms with Crippen molar-refractivity contribution in [2.45, 2.75) is 43.8 Å². The Morgan fingerprint density at radius 1 is 1.07 bits per heavy atom. The Hall–Kier alpha value is -2.42. The molecule has 2 aliphatic heterocycles. The number of hydrogen-bond acceptors (Lipinski definition) is 6. The van der Waals surface area contributed by atoms with Crippen LogP contribution in [0.3, 0.4) is 0 Å². The summed E-state index contributed by atoms with van der Waals surface area (Å²) < 4.78 is 38.8. The van der Waals surface area contributed by atoms with E-state index in [2.05, 4.69) is 27.0 Å². The number of phenolic OH excluding ortho intramolecular Hbond substituents is 1. The molecule has 3 heterocycles. The molecule has 0 radical (unpaired) electrons. The highest BCUT2D eigenvalue weighted by Gasteiger charge is 2.40. The molecule has 1 aliphatic carbocycles. The molecule has 2 saturated heterocycles. The Balaban J connectivity index is 1.50. The number of hydrogen-bond donors (Lipinski definition) is 1. The topological polar surface area (TPSA) is 65.4 Å². The minimum atomic E-state index is -4.51. The van der Waals surface area contributed by atoms with Gasteiger partial charge in [0, 0.05) is 30.6 Å².